The second kappa shape index (κ2) is 8.04. The van der Waals surface area contributed by atoms with E-state index in [0.717, 1.165) is 53.9 Å². The summed E-state index contributed by atoms with van der Waals surface area (Å²) in [4.78, 5) is 17.5. The Morgan fingerprint density at radius 2 is 1.68 bits per heavy atom. The Hall–Kier alpha value is -3.38. The molecule has 1 unspecified atom stereocenters. The second-order valence-electron chi connectivity index (χ2n) is 8.34. The highest BCUT2D eigenvalue weighted by atomic mass is 16.1. The topological polar surface area (TPSA) is 57.2 Å². The zero-order valence-corrected chi connectivity index (χ0v) is 18.0. The van der Waals surface area contributed by atoms with Gasteiger partial charge in [0.25, 0.3) is 5.56 Å². The van der Waals surface area contributed by atoms with Crippen LogP contribution in [0, 0.1) is 0 Å². The Morgan fingerprint density at radius 3 is 2.39 bits per heavy atom. The zero-order valence-electron chi connectivity index (χ0n) is 18.0. The van der Waals surface area contributed by atoms with Gasteiger partial charge in [0.1, 0.15) is 5.69 Å². The summed E-state index contributed by atoms with van der Waals surface area (Å²) in [6, 6.07) is 20.3. The first-order valence-electron chi connectivity index (χ1n) is 10.8. The summed E-state index contributed by atoms with van der Waals surface area (Å²) in [6.07, 6.45) is 1.93. The van der Waals surface area contributed by atoms with E-state index in [1.807, 2.05) is 31.3 Å². The van der Waals surface area contributed by atoms with E-state index in [4.69, 9.17) is 0 Å². The Balaban J connectivity index is 1.48. The van der Waals surface area contributed by atoms with Crippen LogP contribution in [0.25, 0.3) is 22.2 Å². The van der Waals surface area contributed by atoms with Crippen LogP contribution in [0.2, 0.25) is 0 Å². The lowest BCUT2D eigenvalue weighted by Gasteiger charge is -2.34. The van der Waals surface area contributed by atoms with Crippen molar-refractivity contribution in [2.45, 2.75) is 13.0 Å². The summed E-state index contributed by atoms with van der Waals surface area (Å²) in [6.45, 7) is 6.31. The first-order valence-corrected chi connectivity index (χ1v) is 10.8. The molecule has 158 valence electrons. The summed E-state index contributed by atoms with van der Waals surface area (Å²) < 4.78 is 1.79. The molecule has 0 amide bonds. The van der Waals surface area contributed by atoms with Crippen LogP contribution in [0.5, 0.6) is 0 Å². The molecule has 0 aliphatic carbocycles. The van der Waals surface area contributed by atoms with Gasteiger partial charge in [0, 0.05) is 55.1 Å². The number of hydrogen-bond acceptors (Lipinski definition) is 4. The van der Waals surface area contributed by atoms with Gasteiger partial charge in [0.2, 0.25) is 0 Å². The molecule has 2 aromatic heterocycles. The van der Waals surface area contributed by atoms with Gasteiger partial charge in [0.05, 0.1) is 11.6 Å². The number of nitrogens with zero attached hydrogens (tertiary/aromatic N) is 4. The normalized spacial score (nSPS) is 16.0. The molecular formula is C25H27N5O. The number of aromatic nitrogens is 3. The van der Waals surface area contributed by atoms with E-state index in [0.29, 0.717) is 0 Å². The molecule has 0 saturated carbocycles. The number of nitrogens with one attached hydrogen (secondary N) is 1. The van der Waals surface area contributed by atoms with E-state index < -0.39 is 0 Å². The lowest BCUT2D eigenvalue weighted by molar-refractivity contribution is 0.313. The van der Waals surface area contributed by atoms with Crippen LogP contribution in [0.4, 0.5) is 5.69 Å². The SMILES string of the molecule is CC(c1ccccc1)n1cc2c(-c3ccc(N4CCN(C)CC4)cc3)n[nH]c2cc1=O. The van der Waals surface area contributed by atoms with E-state index in [2.05, 4.69) is 63.4 Å². The first kappa shape index (κ1) is 19.6. The zero-order chi connectivity index (χ0) is 21.4. The van der Waals surface area contributed by atoms with Crippen molar-refractivity contribution in [1.82, 2.24) is 19.7 Å². The van der Waals surface area contributed by atoms with Crippen molar-refractivity contribution in [3.05, 3.63) is 82.8 Å². The predicted molar refractivity (Wildman–Crippen MR) is 126 cm³/mol. The average molecular weight is 414 g/mol. The molecule has 6 nitrogen and oxygen atoms in total. The van der Waals surface area contributed by atoms with Gasteiger partial charge >= 0.3 is 0 Å². The minimum atomic E-state index is -0.0551. The first-order chi connectivity index (χ1) is 15.1. The number of hydrogen-bond donors (Lipinski definition) is 1. The number of fused-ring (bicyclic) bond motifs is 1. The van der Waals surface area contributed by atoms with Gasteiger partial charge in [-0.2, -0.15) is 5.10 Å². The van der Waals surface area contributed by atoms with Crippen molar-refractivity contribution in [2.24, 2.45) is 0 Å². The molecule has 6 heteroatoms. The number of pyridine rings is 1. The van der Waals surface area contributed by atoms with Crippen molar-refractivity contribution < 1.29 is 0 Å². The number of likely N-dealkylation sites (N-methyl/N-ethyl adjacent to an activating group) is 1. The second-order valence-corrected chi connectivity index (χ2v) is 8.34. The highest BCUT2D eigenvalue weighted by molar-refractivity contribution is 5.92. The number of benzene rings is 2. The maximum absolute atomic E-state index is 12.7. The molecule has 2 aromatic carbocycles. The average Bonchev–Trinajstić information content (AvgIpc) is 3.22. The van der Waals surface area contributed by atoms with Gasteiger partial charge in [-0.25, -0.2) is 0 Å². The molecule has 1 saturated heterocycles. The molecule has 0 spiro atoms. The van der Waals surface area contributed by atoms with Crippen LogP contribution in [0.1, 0.15) is 18.5 Å². The number of piperazine rings is 1. The highest BCUT2D eigenvalue weighted by Crippen LogP contribution is 2.28. The third-order valence-corrected chi connectivity index (χ3v) is 6.33. The predicted octanol–water partition coefficient (Wildman–Crippen LogP) is 3.75. The van der Waals surface area contributed by atoms with Crippen LogP contribution in [0.15, 0.2) is 71.7 Å². The Bertz CT molecular complexity index is 1230. The van der Waals surface area contributed by atoms with Gasteiger partial charge in [0.15, 0.2) is 0 Å². The van der Waals surface area contributed by atoms with Gasteiger partial charge in [-0.1, -0.05) is 42.5 Å². The molecule has 1 atom stereocenters. The lowest BCUT2D eigenvalue weighted by Crippen LogP contribution is -2.44. The molecule has 4 aromatic rings. The third-order valence-electron chi connectivity index (χ3n) is 6.33. The van der Waals surface area contributed by atoms with Gasteiger partial charge in [-0.15, -0.1) is 0 Å². The quantitative estimate of drug-likeness (QED) is 0.554. The fraction of sp³-hybridized carbons (Fsp3) is 0.280. The Kier molecular flexibility index (Phi) is 5.08. The minimum absolute atomic E-state index is 0.0375. The summed E-state index contributed by atoms with van der Waals surface area (Å²) in [7, 11) is 2.17. The summed E-state index contributed by atoms with van der Waals surface area (Å²) >= 11 is 0. The summed E-state index contributed by atoms with van der Waals surface area (Å²) in [5, 5.41) is 8.52. The molecule has 5 rings (SSSR count). The summed E-state index contributed by atoms with van der Waals surface area (Å²) in [5.41, 5.74) is 4.98. The maximum Gasteiger partial charge on any atom is 0.253 e. The van der Waals surface area contributed by atoms with Crippen LogP contribution in [-0.2, 0) is 0 Å². The fourth-order valence-electron chi connectivity index (χ4n) is 4.32. The molecule has 0 radical (unpaired) electrons. The van der Waals surface area contributed by atoms with Crippen LogP contribution in [-0.4, -0.2) is 52.9 Å². The standard InChI is InChI=1S/C25H27N5O/c1-18(19-6-4-3-5-7-19)30-17-22-23(16-24(30)31)26-27-25(22)20-8-10-21(11-9-20)29-14-12-28(2)13-15-29/h3-11,16-18,26H,12-15H2,1-2H3. The van der Waals surface area contributed by atoms with Crippen molar-refractivity contribution >= 4 is 16.6 Å². The van der Waals surface area contributed by atoms with Gasteiger partial charge < -0.3 is 14.4 Å². The molecule has 1 fully saturated rings. The largest absolute Gasteiger partial charge is 0.369 e. The molecule has 3 heterocycles. The van der Waals surface area contributed by atoms with Crippen LogP contribution >= 0.6 is 0 Å². The summed E-state index contributed by atoms with van der Waals surface area (Å²) in [5.74, 6) is 0. The Labute approximate surface area is 181 Å². The number of rotatable bonds is 4. The van der Waals surface area contributed by atoms with Gasteiger partial charge in [-0.3, -0.25) is 9.89 Å². The Morgan fingerprint density at radius 1 is 0.968 bits per heavy atom. The fourth-order valence-corrected chi connectivity index (χ4v) is 4.32. The molecular weight excluding hydrogens is 386 g/mol. The molecule has 31 heavy (non-hydrogen) atoms. The molecule has 1 aliphatic rings. The monoisotopic (exact) mass is 413 g/mol. The van der Waals surface area contributed by atoms with Crippen molar-refractivity contribution in [1.29, 1.82) is 0 Å². The minimum Gasteiger partial charge on any atom is -0.369 e. The van der Waals surface area contributed by atoms with Gasteiger partial charge in [-0.05, 0) is 31.7 Å². The maximum atomic E-state index is 12.7. The van der Waals surface area contributed by atoms with Crippen molar-refractivity contribution in [3.63, 3.8) is 0 Å². The van der Waals surface area contributed by atoms with Crippen LogP contribution < -0.4 is 10.5 Å². The van der Waals surface area contributed by atoms with Crippen LogP contribution in [0.3, 0.4) is 0 Å². The number of aromatic amines is 1. The van der Waals surface area contributed by atoms with E-state index in [-0.39, 0.29) is 11.6 Å². The molecule has 1 N–H and O–H groups in total. The van der Waals surface area contributed by atoms with Crippen molar-refractivity contribution in [3.8, 4) is 11.3 Å². The van der Waals surface area contributed by atoms with E-state index in [1.54, 1.807) is 10.6 Å². The smallest absolute Gasteiger partial charge is 0.253 e. The van der Waals surface area contributed by atoms with E-state index in [9.17, 15) is 4.79 Å². The number of anilines is 1. The lowest BCUT2D eigenvalue weighted by atomic mass is 10.1. The van der Waals surface area contributed by atoms with E-state index >= 15 is 0 Å². The third kappa shape index (κ3) is 3.75. The highest BCUT2D eigenvalue weighted by Gasteiger charge is 2.17. The van der Waals surface area contributed by atoms with E-state index in [1.165, 1.54) is 5.69 Å². The molecule has 0 bridgehead atoms. The van der Waals surface area contributed by atoms with Crippen molar-refractivity contribution in [2.75, 3.05) is 38.1 Å². The number of H-pyrrole nitrogens is 1. The molecule has 1 aliphatic heterocycles.